The quantitative estimate of drug-likeness (QED) is 0.622. The highest BCUT2D eigenvalue weighted by Gasteiger charge is 2.10. The monoisotopic (exact) mass is 327 g/mol. The minimum Gasteiger partial charge on any atom is -0.369 e. The lowest BCUT2D eigenvalue weighted by atomic mass is 10.0. The van der Waals surface area contributed by atoms with Crippen LogP contribution in [0.1, 0.15) is 11.1 Å². The van der Waals surface area contributed by atoms with E-state index in [2.05, 4.69) is 18.0 Å². The first-order valence-electron chi connectivity index (χ1n) is 8.14. The molecule has 0 atom stereocenters. The molecule has 2 aromatic carbocycles. The zero-order valence-electron chi connectivity index (χ0n) is 13.9. The van der Waals surface area contributed by atoms with E-state index < -0.39 is 0 Å². The van der Waals surface area contributed by atoms with Crippen LogP contribution >= 0.6 is 0 Å². The molecule has 0 aliphatic rings. The summed E-state index contributed by atoms with van der Waals surface area (Å²) in [5, 5.41) is 2.16. The maximum Gasteiger partial charge on any atom is 0.221 e. The smallest absolute Gasteiger partial charge is 0.221 e. The highest BCUT2D eigenvalue weighted by Crippen LogP contribution is 2.29. The topological polar surface area (TPSA) is 68.9 Å². The van der Waals surface area contributed by atoms with Crippen molar-refractivity contribution in [1.29, 1.82) is 0 Å². The minimum absolute atomic E-state index is 0.219. The molecule has 0 aliphatic heterocycles. The molecule has 4 rings (SSSR count). The standard InChI is InChI=1S/C21H17N3O/c1-13-10-18(17-6-2-4-15-5-3-9-23-21(15)17)24-19-11-14(12-20(22)25)7-8-16(13)19/h2-11H,12H2,1H3,(H2,22,25). The van der Waals surface area contributed by atoms with Gasteiger partial charge in [0.15, 0.2) is 0 Å². The molecule has 0 fully saturated rings. The Kier molecular flexibility index (Phi) is 3.65. The van der Waals surface area contributed by atoms with E-state index in [1.807, 2.05) is 48.5 Å². The van der Waals surface area contributed by atoms with Crippen molar-refractivity contribution in [2.75, 3.05) is 0 Å². The molecule has 0 saturated heterocycles. The van der Waals surface area contributed by atoms with Gasteiger partial charge < -0.3 is 5.73 Å². The summed E-state index contributed by atoms with van der Waals surface area (Å²) < 4.78 is 0. The largest absolute Gasteiger partial charge is 0.369 e. The summed E-state index contributed by atoms with van der Waals surface area (Å²) in [7, 11) is 0. The van der Waals surface area contributed by atoms with Crippen LogP contribution in [-0.2, 0) is 11.2 Å². The molecular formula is C21H17N3O. The Labute approximate surface area is 145 Å². The van der Waals surface area contributed by atoms with Gasteiger partial charge in [0, 0.05) is 22.5 Å². The van der Waals surface area contributed by atoms with E-state index in [0.717, 1.165) is 44.2 Å². The Bertz CT molecular complexity index is 1110. The van der Waals surface area contributed by atoms with Crippen molar-refractivity contribution in [3.05, 3.63) is 71.9 Å². The number of hydrogen-bond donors (Lipinski definition) is 1. The molecular weight excluding hydrogens is 310 g/mol. The predicted molar refractivity (Wildman–Crippen MR) is 100 cm³/mol. The van der Waals surface area contributed by atoms with Gasteiger partial charge in [-0.05, 0) is 36.2 Å². The van der Waals surface area contributed by atoms with E-state index in [-0.39, 0.29) is 12.3 Å². The van der Waals surface area contributed by atoms with E-state index in [9.17, 15) is 4.79 Å². The molecule has 2 N–H and O–H groups in total. The third kappa shape index (κ3) is 2.83. The summed E-state index contributed by atoms with van der Waals surface area (Å²) in [6, 6.07) is 18.0. The zero-order chi connectivity index (χ0) is 17.4. The molecule has 4 nitrogen and oxygen atoms in total. The number of nitrogens with two attached hydrogens (primary N) is 1. The van der Waals surface area contributed by atoms with Crippen LogP contribution in [0.3, 0.4) is 0 Å². The van der Waals surface area contributed by atoms with E-state index in [4.69, 9.17) is 10.7 Å². The van der Waals surface area contributed by atoms with Gasteiger partial charge in [0.25, 0.3) is 0 Å². The lowest BCUT2D eigenvalue weighted by molar-refractivity contribution is -0.117. The van der Waals surface area contributed by atoms with Crippen LogP contribution in [0.25, 0.3) is 33.1 Å². The molecule has 2 aromatic heterocycles. The van der Waals surface area contributed by atoms with E-state index in [0.29, 0.717) is 0 Å². The number of primary amides is 1. The number of para-hydroxylation sites is 1. The van der Waals surface area contributed by atoms with Crippen molar-refractivity contribution in [2.45, 2.75) is 13.3 Å². The van der Waals surface area contributed by atoms with Gasteiger partial charge in [-0.25, -0.2) is 4.98 Å². The SMILES string of the molecule is Cc1cc(-c2cccc3cccnc23)nc2cc(CC(N)=O)ccc12. The van der Waals surface area contributed by atoms with Crippen LogP contribution in [0.5, 0.6) is 0 Å². The molecule has 0 radical (unpaired) electrons. The third-order valence-electron chi connectivity index (χ3n) is 4.37. The summed E-state index contributed by atoms with van der Waals surface area (Å²) >= 11 is 0. The summed E-state index contributed by atoms with van der Waals surface area (Å²) in [5.74, 6) is -0.342. The van der Waals surface area contributed by atoms with Crippen LogP contribution < -0.4 is 5.73 Å². The number of nitrogens with zero attached hydrogens (tertiary/aromatic N) is 2. The second-order valence-corrected chi connectivity index (χ2v) is 6.20. The molecule has 0 spiro atoms. The van der Waals surface area contributed by atoms with Gasteiger partial charge in [-0.3, -0.25) is 9.78 Å². The van der Waals surface area contributed by atoms with Gasteiger partial charge in [0.1, 0.15) is 0 Å². The van der Waals surface area contributed by atoms with Crippen LogP contribution in [-0.4, -0.2) is 15.9 Å². The number of rotatable bonds is 3. The summed E-state index contributed by atoms with van der Waals surface area (Å²) in [5.41, 5.74) is 11.0. The van der Waals surface area contributed by atoms with E-state index in [1.54, 1.807) is 6.20 Å². The van der Waals surface area contributed by atoms with Crippen molar-refractivity contribution in [3.8, 4) is 11.3 Å². The number of hydrogen-bond acceptors (Lipinski definition) is 3. The molecule has 25 heavy (non-hydrogen) atoms. The molecule has 122 valence electrons. The normalized spacial score (nSPS) is 11.1. The van der Waals surface area contributed by atoms with E-state index >= 15 is 0 Å². The van der Waals surface area contributed by atoms with Crippen molar-refractivity contribution >= 4 is 27.7 Å². The van der Waals surface area contributed by atoms with Crippen molar-refractivity contribution in [3.63, 3.8) is 0 Å². The number of fused-ring (bicyclic) bond motifs is 2. The Balaban J connectivity index is 1.93. The molecule has 2 heterocycles. The van der Waals surface area contributed by atoms with Gasteiger partial charge >= 0.3 is 0 Å². The van der Waals surface area contributed by atoms with Crippen LogP contribution in [0.4, 0.5) is 0 Å². The van der Waals surface area contributed by atoms with Crippen LogP contribution in [0.15, 0.2) is 60.8 Å². The highest BCUT2D eigenvalue weighted by atomic mass is 16.1. The Morgan fingerprint density at radius 1 is 1.08 bits per heavy atom. The van der Waals surface area contributed by atoms with Gasteiger partial charge in [-0.15, -0.1) is 0 Å². The first-order valence-corrected chi connectivity index (χ1v) is 8.14. The molecule has 0 saturated carbocycles. The number of pyridine rings is 2. The molecule has 4 heteroatoms. The fourth-order valence-electron chi connectivity index (χ4n) is 3.21. The summed E-state index contributed by atoms with van der Waals surface area (Å²) in [6.45, 7) is 2.07. The lowest BCUT2D eigenvalue weighted by Gasteiger charge is -2.10. The number of amides is 1. The second kappa shape index (κ2) is 5.98. The van der Waals surface area contributed by atoms with Crippen molar-refractivity contribution in [2.24, 2.45) is 5.73 Å². The number of carbonyl (C=O) groups excluding carboxylic acids is 1. The van der Waals surface area contributed by atoms with Gasteiger partial charge in [-0.2, -0.15) is 0 Å². The van der Waals surface area contributed by atoms with Gasteiger partial charge in [0.05, 0.1) is 23.1 Å². The lowest BCUT2D eigenvalue weighted by Crippen LogP contribution is -2.13. The average molecular weight is 327 g/mol. The fraction of sp³-hybridized carbons (Fsp3) is 0.0952. The minimum atomic E-state index is -0.342. The predicted octanol–water partition coefficient (Wildman–Crippen LogP) is 3.79. The second-order valence-electron chi connectivity index (χ2n) is 6.20. The zero-order valence-corrected chi connectivity index (χ0v) is 13.9. The molecule has 1 amide bonds. The third-order valence-corrected chi connectivity index (χ3v) is 4.37. The Morgan fingerprint density at radius 3 is 2.76 bits per heavy atom. The Hall–Kier alpha value is -3.27. The highest BCUT2D eigenvalue weighted by molar-refractivity contribution is 5.95. The van der Waals surface area contributed by atoms with Crippen LogP contribution in [0.2, 0.25) is 0 Å². The summed E-state index contributed by atoms with van der Waals surface area (Å²) in [6.07, 6.45) is 2.02. The number of benzene rings is 2. The number of aromatic nitrogens is 2. The van der Waals surface area contributed by atoms with Crippen molar-refractivity contribution in [1.82, 2.24) is 9.97 Å². The first-order chi connectivity index (χ1) is 12.1. The van der Waals surface area contributed by atoms with Gasteiger partial charge in [-0.1, -0.05) is 36.4 Å². The Morgan fingerprint density at radius 2 is 1.92 bits per heavy atom. The molecule has 0 aliphatic carbocycles. The fourth-order valence-corrected chi connectivity index (χ4v) is 3.21. The van der Waals surface area contributed by atoms with Gasteiger partial charge in [0.2, 0.25) is 5.91 Å². The average Bonchev–Trinajstić information content (AvgIpc) is 2.60. The molecule has 4 aromatic rings. The van der Waals surface area contributed by atoms with Crippen molar-refractivity contribution < 1.29 is 4.79 Å². The first kappa shape index (κ1) is 15.3. The summed E-state index contributed by atoms with van der Waals surface area (Å²) in [4.78, 5) is 20.6. The maximum absolute atomic E-state index is 11.2. The molecule has 0 unspecified atom stereocenters. The molecule has 0 bridgehead atoms. The number of aryl methyl sites for hydroxylation is 1. The van der Waals surface area contributed by atoms with E-state index in [1.165, 1.54) is 0 Å². The maximum atomic E-state index is 11.2. The van der Waals surface area contributed by atoms with Crippen LogP contribution in [0, 0.1) is 6.92 Å². The number of carbonyl (C=O) groups is 1.